The fourth-order valence-corrected chi connectivity index (χ4v) is 3.76. The van der Waals surface area contributed by atoms with Gasteiger partial charge in [-0.25, -0.2) is 4.79 Å². The van der Waals surface area contributed by atoms with E-state index >= 15 is 0 Å². The molecule has 0 bridgehead atoms. The number of hydrogen-bond donors (Lipinski definition) is 0. The van der Waals surface area contributed by atoms with Crippen LogP contribution in [0.25, 0.3) is 33.1 Å². The minimum atomic E-state index is -0.463. The topological polar surface area (TPSA) is 48.7 Å². The molecule has 5 aromatic rings. The Morgan fingerprint density at radius 3 is 2.45 bits per heavy atom. The number of furan rings is 1. The Morgan fingerprint density at radius 1 is 0.806 bits per heavy atom. The van der Waals surface area contributed by atoms with Gasteiger partial charge in [0.15, 0.2) is 0 Å². The second-order valence-corrected chi connectivity index (χ2v) is 7.13. The molecule has 4 aromatic carbocycles. The zero-order valence-electron chi connectivity index (χ0n) is 17.0. The minimum absolute atomic E-state index is 0.420. The summed E-state index contributed by atoms with van der Waals surface area (Å²) in [6.07, 6.45) is 0. The lowest BCUT2D eigenvalue weighted by Crippen LogP contribution is -2.12. The molecule has 0 atom stereocenters. The van der Waals surface area contributed by atoms with Crippen molar-refractivity contribution >= 4 is 27.7 Å². The maximum atomic E-state index is 13.3. The third-order valence-electron chi connectivity index (χ3n) is 5.18. The third kappa shape index (κ3) is 3.53. The third-order valence-corrected chi connectivity index (χ3v) is 5.18. The second kappa shape index (κ2) is 8.00. The summed E-state index contributed by atoms with van der Waals surface area (Å²) in [6.45, 7) is 2.35. The van der Waals surface area contributed by atoms with Crippen molar-refractivity contribution in [2.75, 3.05) is 6.61 Å². The quantitative estimate of drug-likeness (QED) is 0.235. The zero-order valence-corrected chi connectivity index (χ0v) is 17.0. The summed E-state index contributed by atoms with van der Waals surface area (Å²) < 4.78 is 17.6. The lowest BCUT2D eigenvalue weighted by molar-refractivity contribution is 0.0735. The minimum Gasteiger partial charge on any atom is -0.493 e. The molecule has 0 radical (unpaired) electrons. The van der Waals surface area contributed by atoms with Crippen LogP contribution in [-0.4, -0.2) is 12.6 Å². The number of ether oxygens (including phenoxy) is 2. The van der Waals surface area contributed by atoms with Crippen LogP contribution in [0.2, 0.25) is 0 Å². The molecule has 31 heavy (non-hydrogen) atoms. The maximum Gasteiger partial charge on any atom is 0.347 e. The number of fused-ring (bicyclic) bond motifs is 2. The van der Waals surface area contributed by atoms with Gasteiger partial charge in [0.25, 0.3) is 0 Å². The zero-order chi connectivity index (χ0) is 21.2. The van der Waals surface area contributed by atoms with Crippen molar-refractivity contribution in [3.63, 3.8) is 0 Å². The molecule has 0 aliphatic heterocycles. The van der Waals surface area contributed by atoms with Gasteiger partial charge in [-0.15, -0.1) is 0 Å². The van der Waals surface area contributed by atoms with Crippen LogP contribution in [0.4, 0.5) is 0 Å². The summed E-state index contributed by atoms with van der Waals surface area (Å²) in [6, 6.07) is 28.7. The van der Waals surface area contributed by atoms with E-state index in [9.17, 15) is 4.79 Å². The van der Waals surface area contributed by atoms with E-state index in [0.717, 1.165) is 27.5 Å². The summed E-state index contributed by atoms with van der Waals surface area (Å²) in [5.41, 5.74) is 2.04. The highest BCUT2D eigenvalue weighted by molar-refractivity contribution is 6.08. The fourth-order valence-electron chi connectivity index (χ4n) is 3.76. The number of carbonyl (C=O) groups is 1. The molecule has 0 saturated carbocycles. The Hall–Kier alpha value is -4.05. The van der Waals surface area contributed by atoms with E-state index in [-0.39, 0.29) is 0 Å². The number of carbonyl (C=O) groups excluding carboxylic acids is 1. The molecule has 0 fully saturated rings. The van der Waals surface area contributed by atoms with Gasteiger partial charge < -0.3 is 13.9 Å². The van der Waals surface area contributed by atoms with Crippen molar-refractivity contribution in [1.82, 2.24) is 0 Å². The number of esters is 1. The number of rotatable bonds is 5. The van der Waals surface area contributed by atoms with Crippen LogP contribution in [0.1, 0.15) is 17.3 Å². The maximum absolute atomic E-state index is 13.3. The van der Waals surface area contributed by atoms with E-state index in [2.05, 4.69) is 0 Å². The molecule has 0 aliphatic carbocycles. The number of hydrogen-bond acceptors (Lipinski definition) is 4. The summed E-state index contributed by atoms with van der Waals surface area (Å²) in [5, 5.41) is 2.49. The highest BCUT2D eigenvalue weighted by Crippen LogP contribution is 2.35. The van der Waals surface area contributed by atoms with E-state index in [1.54, 1.807) is 6.07 Å². The van der Waals surface area contributed by atoms with Crippen LogP contribution in [0.5, 0.6) is 11.5 Å². The Bertz CT molecular complexity index is 1380. The molecular weight excluding hydrogens is 388 g/mol. The van der Waals surface area contributed by atoms with Crippen molar-refractivity contribution < 1.29 is 18.7 Å². The standard InChI is InChI=1S/C27H20O4/c1-2-29-24-16-15-18-9-6-7-12-20(18)26(24)27(28)31-23-14-8-13-22-21(23)17-25(30-22)19-10-4-3-5-11-19/h3-17H,2H2,1H3. The fraction of sp³-hybridized carbons (Fsp3) is 0.0741. The van der Waals surface area contributed by atoms with Gasteiger partial charge in [-0.3, -0.25) is 0 Å². The molecule has 0 aliphatic rings. The predicted molar refractivity (Wildman–Crippen MR) is 122 cm³/mol. The highest BCUT2D eigenvalue weighted by Gasteiger charge is 2.20. The largest absolute Gasteiger partial charge is 0.493 e. The molecule has 0 saturated heterocycles. The summed E-state index contributed by atoms with van der Waals surface area (Å²) in [4.78, 5) is 13.3. The smallest absolute Gasteiger partial charge is 0.347 e. The van der Waals surface area contributed by atoms with Crippen LogP contribution in [0, 0.1) is 0 Å². The van der Waals surface area contributed by atoms with Crippen molar-refractivity contribution in [2.24, 2.45) is 0 Å². The van der Waals surface area contributed by atoms with E-state index < -0.39 is 5.97 Å². The average Bonchev–Trinajstić information content (AvgIpc) is 3.25. The van der Waals surface area contributed by atoms with Crippen molar-refractivity contribution in [3.05, 3.63) is 96.6 Å². The molecule has 0 amide bonds. The second-order valence-electron chi connectivity index (χ2n) is 7.13. The van der Waals surface area contributed by atoms with E-state index in [1.165, 1.54) is 0 Å². The lowest BCUT2D eigenvalue weighted by Gasteiger charge is -2.13. The number of benzene rings is 4. The monoisotopic (exact) mass is 408 g/mol. The van der Waals surface area contributed by atoms with E-state index in [0.29, 0.717) is 29.3 Å². The van der Waals surface area contributed by atoms with Gasteiger partial charge in [0.1, 0.15) is 28.4 Å². The van der Waals surface area contributed by atoms with Gasteiger partial charge in [-0.05, 0) is 42.0 Å². The normalized spacial score (nSPS) is 11.0. The summed E-state index contributed by atoms with van der Waals surface area (Å²) >= 11 is 0. The molecule has 1 heterocycles. The molecule has 1 aromatic heterocycles. The van der Waals surface area contributed by atoms with E-state index in [4.69, 9.17) is 13.9 Å². The van der Waals surface area contributed by atoms with Crippen LogP contribution in [0.3, 0.4) is 0 Å². The van der Waals surface area contributed by atoms with Crippen LogP contribution in [0.15, 0.2) is 95.4 Å². The predicted octanol–water partition coefficient (Wildman–Crippen LogP) is 6.87. The van der Waals surface area contributed by atoms with Gasteiger partial charge in [-0.1, -0.05) is 66.7 Å². The van der Waals surface area contributed by atoms with Gasteiger partial charge in [0.05, 0.1) is 12.0 Å². The summed E-state index contributed by atoms with van der Waals surface area (Å²) in [5.74, 6) is 1.22. The van der Waals surface area contributed by atoms with Crippen molar-refractivity contribution in [3.8, 4) is 22.8 Å². The molecule has 0 N–H and O–H groups in total. The van der Waals surface area contributed by atoms with Crippen LogP contribution in [-0.2, 0) is 0 Å². The van der Waals surface area contributed by atoms with E-state index in [1.807, 2.05) is 91.9 Å². The first kappa shape index (κ1) is 18.9. The average molecular weight is 408 g/mol. The Kier molecular flexibility index (Phi) is 4.89. The molecule has 4 nitrogen and oxygen atoms in total. The Morgan fingerprint density at radius 2 is 1.61 bits per heavy atom. The Labute approximate surface area is 179 Å². The van der Waals surface area contributed by atoms with Gasteiger partial charge in [0.2, 0.25) is 0 Å². The van der Waals surface area contributed by atoms with Gasteiger partial charge in [-0.2, -0.15) is 0 Å². The lowest BCUT2D eigenvalue weighted by atomic mass is 10.0. The first-order chi connectivity index (χ1) is 15.2. The Balaban J connectivity index is 1.57. The molecule has 0 unspecified atom stereocenters. The van der Waals surface area contributed by atoms with Crippen molar-refractivity contribution in [2.45, 2.75) is 6.92 Å². The van der Waals surface area contributed by atoms with Crippen LogP contribution >= 0.6 is 0 Å². The SMILES string of the molecule is CCOc1ccc2ccccc2c1C(=O)Oc1cccc2oc(-c3ccccc3)cc12. The van der Waals surface area contributed by atoms with Gasteiger partial charge in [0, 0.05) is 5.56 Å². The highest BCUT2D eigenvalue weighted by atomic mass is 16.5. The molecule has 152 valence electrons. The van der Waals surface area contributed by atoms with Gasteiger partial charge >= 0.3 is 5.97 Å². The van der Waals surface area contributed by atoms with Crippen molar-refractivity contribution in [1.29, 1.82) is 0 Å². The molecule has 0 spiro atoms. The summed E-state index contributed by atoms with van der Waals surface area (Å²) in [7, 11) is 0. The first-order valence-electron chi connectivity index (χ1n) is 10.2. The first-order valence-corrected chi connectivity index (χ1v) is 10.2. The van der Waals surface area contributed by atoms with Crippen LogP contribution < -0.4 is 9.47 Å². The molecule has 5 rings (SSSR count). The molecule has 4 heteroatoms. The molecular formula is C27H20O4.